The first-order valence-corrected chi connectivity index (χ1v) is 17.6. The van der Waals surface area contributed by atoms with Crippen molar-refractivity contribution in [3.8, 4) is 22.6 Å². The van der Waals surface area contributed by atoms with Gasteiger partial charge < -0.3 is 24.8 Å². The Hall–Kier alpha value is -4.65. The number of anilines is 1. The Morgan fingerprint density at radius 3 is 2.19 bits per heavy atom. The van der Waals surface area contributed by atoms with Crippen molar-refractivity contribution in [3.63, 3.8) is 0 Å². The van der Waals surface area contributed by atoms with Crippen LogP contribution in [0.25, 0.3) is 17.2 Å². The third kappa shape index (κ3) is 10.1. The fourth-order valence-corrected chi connectivity index (χ4v) is 6.94. The van der Waals surface area contributed by atoms with Crippen LogP contribution in [0.3, 0.4) is 0 Å². The zero-order valence-corrected chi connectivity index (χ0v) is 30.5. The van der Waals surface area contributed by atoms with Crippen LogP contribution in [-0.2, 0) is 21.9 Å². The monoisotopic (exact) mass is 796 g/mol. The predicted octanol–water partition coefficient (Wildman–Crippen LogP) is 6.95. The number of halogens is 6. The summed E-state index contributed by atoms with van der Waals surface area (Å²) in [5, 5.41) is 11.8. The molecule has 0 atom stereocenters. The summed E-state index contributed by atoms with van der Waals surface area (Å²) in [7, 11) is 3.32. The molecule has 0 aromatic heterocycles. The Morgan fingerprint density at radius 2 is 1.57 bits per heavy atom. The maximum atomic E-state index is 13.7. The third-order valence-electron chi connectivity index (χ3n) is 8.64. The largest absolute Gasteiger partial charge is 0.495 e. The number of thioether (sulfide) groups is 1. The van der Waals surface area contributed by atoms with Crippen molar-refractivity contribution in [2.45, 2.75) is 18.8 Å². The molecule has 0 aliphatic carbocycles. The highest BCUT2D eigenvalue weighted by atomic mass is 32.2. The van der Waals surface area contributed by atoms with E-state index in [0.717, 1.165) is 37.9 Å². The van der Waals surface area contributed by atoms with E-state index in [1.807, 2.05) is 7.05 Å². The number of hydrogen-bond donors (Lipinski definition) is 2. The van der Waals surface area contributed by atoms with Gasteiger partial charge in [0.25, 0.3) is 5.91 Å². The number of nitrogens with zero attached hydrogens (tertiary/aromatic N) is 3. The van der Waals surface area contributed by atoms with Gasteiger partial charge in [0.15, 0.2) is 0 Å². The van der Waals surface area contributed by atoms with Crippen LogP contribution < -0.4 is 14.8 Å². The normalized spacial score (nSPS) is 16.6. The summed E-state index contributed by atoms with van der Waals surface area (Å²) in [4.78, 5) is 43.3. The fourth-order valence-electron chi connectivity index (χ4n) is 5.64. The third-order valence-corrected chi connectivity index (χ3v) is 10.0. The molecule has 0 unspecified atom stereocenters. The Labute approximate surface area is 315 Å². The number of hydrogen-bond acceptors (Lipinski definition) is 9. The maximum absolute atomic E-state index is 13.7. The van der Waals surface area contributed by atoms with E-state index < -0.39 is 41.3 Å². The Balaban J connectivity index is 1.39. The van der Waals surface area contributed by atoms with Crippen LogP contribution in [0.1, 0.15) is 33.5 Å². The zero-order valence-electron chi connectivity index (χ0n) is 28.8. The molecule has 2 N–H and O–H groups in total. The molecular formula is C36H34F6N4O6S2. The van der Waals surface area contributed by atoms with Crippen LogP contribution >= 0.6 is 24.0 Å². The van der Waals surface area contributed by atoms with Gasteiger partial charge >= 0.3 is 18.3 Å². The second kappa shape index (κ2) is 16.8. The van der Waals surface area contributed by atoms with Gasteiger partial charge in [-0.15, -0.1) is 0 Å². The molecule has 5 rings (SSSR count). The number of aromatic carboxylic acids is 1. The van der Waals surface area contributed by atoms with Crippen LogP contribution in [0.2, 0.25) is 0 Å². The number of amides is 2. The molecule has 10 nitrogen and oxygen atoms in total. The van der Waals surface area contributed by atoms with Crippen molar-refractivity contribution >= 4 is 57.8 Å². The summed E-state index contributed by atoms with van der Waals surface area (Å²) < 4.78 is 93.5. The molecular weight excluding hydrogens is 763 g/mol. The van der Waals surface area contributed by atoms with E-state index in [1.165, 1.54) is 54.5 Å². The second-order valence-electron chi connectivity index (χ2n) is 12.4. The molecule has 2 saturated heterocycles. The molecule has 2 aliphatic rings. The molecule has 2 fully saturated rings. The Morgan fingerprint density at radius 1 is 0.907 bits per heavy atom. The lowest BCUT2D eigenvalue weighted by Gasteiger charge is -2.32. The van der Waals surface area contributed by atoms with Gasteiger partial charge in [-0.25, -0.2) is 4.79 Å². The minimum absolute atomic E-state index is 0.0169. The van der Waals surface area contributed by atoms with Gasteiger partial charge in [-0.2, -0.15) is 26.3 Å². The first kappa shape index (κ1) is 40.5. The summed E-state index contributed by atoms with van der Waals surface area (Å²) >= 11 is 6.33. The van der Waals surface area contributed by atoms with Crippen LogP contribution in [0, 0.1) is 0 Å². The summed E-state index contributed by atoms with van der Waals surface area (Å²) in [5.74, 6) is -1.94. The van der Waals surface area contributed by atoms with Gasteiger partial charge in [-0.3, -0.25) is 19.4 Å². The minimum atomic E-state index is -5.05. The summed E-state index contributed by atoms with van der Waals surface area (Å²) in [5.41, 5.74) is -2.90. The van der Waals surface area contributed by atoms with Gasteiger partial charge in [0.2, 0.25) is 5.91 Å². The van der Waals surface area contributed by atoms with Crippen molar-refractivity contribution in [2.75, 3.05) is 65.3 Å². The van der Waals surface area contributed by atoms with Crippen molar-refractivity contribution in [3.05, 3.63) is 81.8 Å². The minimum Gasteiger partial charge on any atom is -0.495 e. The average molecular weight is 797 g/mol. The van der Waals surface area contributed by atoms with E-state index in [9.17, 15) is 45.8 Å². The highest BCUT2D eigenvalue weighted by Gasteiger charge is 2.37. The van der Waals surface area contributed by atoms with E-state index in [1.54, 1.807) is 0 Å². The summed E-state index contributed by atoms with van der Waals surface area (Å²) in [6.07, 6.45) is -8.90. The Bertz CT molecular complexity index is 1930. The first-order valence-electron chi connectivity index (χ1n) is 16.4. The summed E-state index contributed by atoms with van der Waals surface area (Å²) in [6, 6.07) is 9.34. The average Bonchev–Trinajstić information content (AvgIpc) is 3.38. The maximum Gasteiger partial charge on any atom is 0.416 e. The van der Waals surface area contributed by atoms with Gasteiger partial charge in [-0.1, -0.05) is 30.0 Å². The predicted molar refractivity (Wildman–Crippen MR) is 194 cm³/mol. The molecule has 0 bridgehead atoms. The molecule has 0 radical (unpaired) electrons. The lowest BCUT2D eigenvalue weighted by Crippen LogP contribution is -2.45. The molecule has 0 saturated carbocycles. The van der Waals surface area contributed by atoms with Crippen LogP contribution in [-0.4, -0.2) is 102 Å². The highest BCUT2D eigenvalue weighted by Crippen LogP contribution is 2.40. The van der Waals surface area contributed by atoms with Crippen LogP contribution in [0.5, 0.6) is 11.5 Å². The van der Waals surface area contributed by atoms with Gasteiger partial charge in [0, 0.05) is 51.3 Å². The molecule has 18 heteroatoms. The Kier molecular flexibility index (Phi) is 12.6. The number of piperazine rings is 1. The molecule has 3 aromatic rings. The number of benzene rings is 3. The number of alkyl halides is 6. The SMILES string of the molecule is COc1cc(C(=O)O)ccc1NC(=O)CCN1C(=O)/C(=C/c2cc(-c3cc(C(F)(F)F)cc(C(F)(F)F)c3)ccc2OCCN2CCN(C)CC2)SC1=S. The van der Waals surface area contributed by atoms with Crippen LogP contribution in [0.4, 0.5) is 32.0 Å². The fraction of sp³-hybridized carbons (Fsp3) is 0.333. The number of nitrogens with one attached hydrogen (secondary N) is 1. The number of rotatable bonds is 12. The molecule has 0 spiro atoms. The van der Waals surface area contributed by atoms with E-state index in [2.05, 4.69) is 15.1 Å². The van der Waals surface area contributed by atoms with E-state index in [4.69, 9.17) is 21.7 Å². The zero-order chi connectivity index (χ0) is 39.4. The van der Waals surface area contributed by atoms with Gasteiger partial charge in [0.05, 0.1) is 34.4 Å². The van der Waals surface area contributed by atoms with Crippen molar-refractivity contribution in [1.82, 2.24) is 14.7 Å². The van der Waals surface area contributed by atoms with Crippen molar-refractivity contribution in [2.24, 2.45) is 0 Å². The smallest absolute Gasteiger partial charge is 0.416 e. The molecule has 54 heavy (non-hydrogen) atoms. The number of carboxylic acid groups (broad SMARTS) is 1. The van der Waals surface area contributed by atoms with E-state index >= 15 is 0 Å². The lowest BCUT2D eigenvalue weighted by molar-refractivity contribution is -0.143. The number of thiocarbonyl (C=S) groups is 1. The van der Waals surface area contributed by atoms with E-state index in [0.29, 0.717) is 18.7 Å². The molecule has 2 heterocycles. The topological polar surface area (TPSA) is 112 Å². The van der Waals surface area contributed by atoms with Crippen molar-refractivity contribution in [1.29, 1.82) is 0 Å². The number of carboxylic acids is 1. The molecule has 2 aliphatic heterocycles. The summed E-state index contributed by atoms with van der Waals surface area (Å²) in [6.45, 7) is 4.00. The molecule has 2 amide bonds. The quantitative estimate of drug-likeness (QED) is 0.114. The van der Waals surface area contributed by atoms with Crippen molar-refractivity contribution < 1.29 is 55.3 Å². The molecule has 288 valence electrons. The standard InChI is InChI=1S/C36H34F6N4O6S2/c1-44-9-11-45(12-10-44)13-14-52-28-6-4-21(23-16-25(35(37,38)39)20-26(17-23)36(40,41)42)15-24(28)19-30-32(48)46(34(53)54-30)8-7-31(47)43-27-5-3-22(33(49)50)18-29(27)51-2/h3-6,15-20H,7-14H2,1-2H3,(H,43,47)(H,49,50)/b30-19-. The number of likely N-dealkylation sites (N-methyl/N-ethyl adjacent to an activating group) is 1. The second-order valence-corrected chi connectivity index (χ2v) is 14.1. The number of carbonyl (C=O) groups is 3. The van der Waals surface area contributed by atoms with E-state index in [-0.39, 0.29) is 74.3 Å². The first-order chi connectivity index (χ1) is 25.4. The van der Waals surface area contributed by atoms with Crippen LogP contribution in [0.15, 0.2) is 59.5 Å². The highest BCUT2D eigenvalue weighted by molar-refractivity contribution is 8.26. The number of methoxy groups -OCH3 is 1. The number of ether oxygens (including phenoxy) is 2. The lowest BCUT2D eigenvalue weighted by atomic mass is 9.97. The van der Waals surface area contributed by atoms with Gasteiger partial charge in [-0.05, 0) is 72.8 Å². The number of carbonyl (C=O) groups excluding carboxylic acids is 2. The molecule has 3 aromatic carbocycles. The van der Waals surface area contributed by atoms with Gasteiger partial charge in [0.1, 0.15) is 22.4 Å².